The first kappa shape index (κ1) is 28.2. The van der Waals surface area contributed by atoms with E-state index in [2.05, 4.69) is 24.0 Å². The molecular formula is C31H40N4O4. The summed E-state index contributed by atoms with van der Waals surface area (Å²) in [5, 5.41) is 0. The number of unbranched alkanes of at least 4 members (excludes halogenated alkanes) is 2. The predicted molar refractivity (Wildman–Crippen MR) is 151 cm³/mol. The van der Waals surface area contributed by atoms with Crippen LogP contribution < -0.4 is 15.2 Å². The zero-order valence-electron chi connectivity index (χ0n) is 23.3. The lowest BCUT2D eigenvalue weighted by molar-refractivity contribution is -0.143. The molecule has 1 atom stereocenters. The number of hydrogen-bond donors (Lipinski definition) is 1. The van der Waals surface area contributed by atoms with Crippen LogP contribution in [0.15, 0.2) is 61.1 Å². The first-order valence-electron chi connectivity index (χ1n) is 13.7. The van der Waals surface area contributed by atoms with E-state index in [4.69, 9.17) is 15.2 Å². The van der Waals surface area contributed by atoms with Gasteiger partial charge >= 0.3 is 0 Å². The van der Waals surface area contributed by atoms with Gasteiger partial charge in [-0.25, -0.2) is 4.98 Å². The molecule has 0 bridgehead atoms. The average Bonchev–Trinajstić information content (AvgIpc) is 3.40. The Kier molecular flexibility index (Phi) is 9.28. The van der Waals surface area contributed by atoms with E-state index >= 15 is 0 Å². The molecule has 1 aliphatic rings. The standard InChI is InChI=1S/C31H40N4O4/c1-4-5-8-17-31(26-9-6-7-10-28(26)39-3)20-35(21-31)30(37)27(18-23-11-14-25(38-2)15-12-23)34-19-24(33-22-34)13-16-29(32)36/h6-7,9-12,14-15,19,22,27H,4-5,8,13,16-18,20-21H2,1-3H3,(H2,32,36)/t27-/m1/s1. The number of nitrogens with two attached hydrogens (primary N) is 1. The number of nitrogens with zero attached hydrogens (tertiary/aromatic N) is 3. The van der Waals surface area contributed by atoms with E-state index in [0.29, 0.717) is 25.9 Å². The summed E-state index contributed by atoms with van der Waals surface area (Å²) in [6, 6.07) is 15.5. The fraction of sp³-hybridized carbons (Fsp3) is 0.452. The molecule has 2 amide bonds. The highest BCUT2D eigenvalue weighted by Crippen LogP contribution is 2.44. The van der Waals surface area contributed by atoms with Crippen LogP contribution >= 0.6 is 0 Å². The van der Waals surface area contributed by atoms with Crippen molar-refractivity contribution in [3.05, 3.63) is 77.9 Å². The summed E-state index contributed by atoms with van der Waals surface area (Å²) in [6.45, 7) is 3.51. The number of methoxy groups -OCH3 is 2. The van der Waals surface area contributed by atoms with Crippen LogP contribution in [-0.2, 0) is 27.8 Å². The highest BCUT2D eigenvalue weighted by atomic mass is 16.5. The molecule has 0 unspecified atom stereocenters. The minimum Gasteiger partial charge on any atom is -0.497 e. The Bertz CT molecular complexity index is 1250. The highest BCUT2D eigenvalue weighted by molar-refractivity contribution is 5.82. The van der Waals surface area contributed by atoms with Crippen molar-refractivity contribution >= 4 is 11.8 Å². The monoisotopic (exact) mass is 532 g/mol. The molecule has 0 saturated carbocycles. The number of benzene rings is 2. The Morgan fingerprint density at radius 2 is 1.79 bits per heavy atom. The molecule has 4 rings (SSSR count). The van der Waals surface area contributed by atoms with Crippen molar-refractivity contribution in [2.24, 2.45) is 5.73 Å². The maximum atomic E-state index is 14.1. The third-order valence-electron chi connectivity index (χ3n) is 7.75. The average molecular weight is 533 g/mol. The van der Waals surface area contributed by atoms with Gasteiger partial charge in [0, 0.05) is 43.1 Å². The Morgan fingerprint density at radius 3 is 2.46 bits per heavy atom. The number of para-hydroxylation sites is 1. The van der Waals surface area contributed by atoms with E-state index < -0.39 is 6.04 Å². The highest BCUT2D eigenvalue weighted by Gasteiger charge is 2.48. The maximum absolute atomic E-state index is 14.1. The van der Waals surface area contributed by atoms with Crippen LogP contribution in [0, 0.1) is 0 Å². The molecular weight excluding hydrogens is 492 g/mol. The number of hydrogen-bond acceptors (Lipinski definition) is 5. The zero-order chi connectivity index (χ0) is 27.8. The third kappa shape index (κ3) is 6.61. The fourth-order valence-electron chi connectivity index (χ4n) is 5.55. The Morgan fingerprint density at radius 1 is 1.05 bits per heavy atom. The number of imidazole rings is 1. The molecule has 0 aliphatic carbocycles. The van der Waals surface area contributed by atoms with E-state index in [-0.39, 0.29) is 23.7 Å². The van der Waals surface area contributed by atoms with Crippen molar-refractivity contribution in [2.45, 2.75) is 63.3 Å². The second kappa shape index (κ2) is 12.8. The quantitative estimate of drug-likeness (QED) is 0.309. The fourth-order valence-corrected chi connectivity index (χ4v) is 5.55. The lowest BCUT2D eigenvalue weighted by atomic mass is 9.69. The van der Waals surface area contributed by atoms with Crippen LogP contribution in [0.4, 0.5) is 0 Å². The van der Waals surface area contributed by atoms with Gasteiger partial charge in [-0.1, -0.05) is 56.5 Å². The van der Waals surface area contributed by atoms with Gasteiger partial charge in [-0.05, 0) is 36.6 Å². The summed E-state index contributed by atoms with van der Waals surface area (Å²) in [6.07, 6.45) is 9.17. The molecule has 2 heterocycles. The molecule has 2 aromatic carbocycles. The lowest BCUT2D eigenvalue weighted by Crippen LogP contribution is -2.62. The third-order valence-corrected chi connectivity index (χ3v) is 7.75. The number of aromatic nitrogens is 2. The van der Waals surface area contributed by atoms with E-state index in [1.165, 1.54) is 5.56 Å². The van der Waals surface area contributed by atoms with Gasteiger partial charge in [-0.15, -0.1) is 0 Å². The van der Waals surface area contributed by atoms with Crippen LogP contribution in [0.5, 0.6) is 11.5 Å². The van der Waals surface area contributed by atoms with Gasteiger partial charge in [0.05, 0.1) is 26.2 Å². The number of primary amides is 1. The maximum Gasteiger partial charge on any atom is 0.246 e. The molecule has 0 spiro atoms. The Balaban J connectivity index is 1.58. The van der Waals surface area contributed by atoms with Crippen LogP contribution in [0.1, 0.15) is 61.9 Å². The summed E-state index contributed by atoms with van der Waals surface area (Å²) in [5.41, 5.74) is 8.16. The normalized spacial score (nSPS) is 14.9. The summed E-state index contributed by atoms with van der Waals surface area (Å²) in [4.78, 5) is 31.8. The van der Waals surface area contributed by atoms with Crippen molar-refractivity contribution in [2.75, 3.05) is 27.3 Å². The summed E-state index contributed by atoms with van der Waals surface area (Å²) >= 11 is 0. The van der Waals surface area contributed by atoms with Crippen LogP contribution in [0.2, 0.25) is 0 Å². The number of carbonyl (C=O) groups excluding carboxylic acids is 2. The van der Waals surface area contributed by atoms with E-state index in [9.17, 15) is 9.59 Å². The molecule has 1 aromatic heterocycles. The summed E-state index contributed by atoms with van der Waals surface area (Å²) < 4.78 is 12.9. The van der Waals surface area contributed by atoms with Crippen molar-refractivity contribution in [3.63, 3.8) is 0 Å². The largest absolute Gasteiger partial charge is 0.497 e. The topological polar surface area (TPSA) is 99.7 Å². The Labute approximate surface area is 231 Å². The molecule has 1 fully saturated rings. The van der Waals surface area contributed by atoms with E-state index in [0.717, 1.165) is 48.4 Å². The molecule has 3 aromatic rings. The minimum atomic E-state index is -0.459. The molecule has 8 heteroatoms. The van der Waals surface area contributed by atoms with Gasteiger partial charge in [0.1, 0.15) is 17.5 Å². The molecule has 0 radical (unpaired) electrons. The lowest BCUT2D eigenvalue weighted by Gasteiger charge is -2.52. The van der Waals surface area contributed by atoms with Gasteiger partial charge in [0.2, 0.25) is 11.8 Å². The number of ether oxygens (including phenoxy) is 2. The summed E-state index contributed by atoms with van der Waals surface area (Å²) in [5.74, 6) is 1.34. The smallest absolute Gasteiger partial charge is 0.246 e. The van der Waals surface area contributed by atoms with Crippen LogP contribution in [-0.4, -0.2) is 53.6 Å². The molecule has 208 valence electrons. The molecule has 39 heavy (non-hydrogen) atoms. The van der Waals surface area contributed by atoms with Gasteiger partial charge in [0.15, 0.2) is 0 Å². The number of likely N-dealkylation sites (tertiary alicyclic amines) is 1. The molecule has 8 nitrogen and oxygen atoms in total. The number of rotatable bonds is 14. The Hall–Kier alpha value is -3.81. The zero-order valence-corrected chi connectivity index (χ0v) is 23.3. The van der Waals surface area contributed by atoms with Crippen molar-refractivity contribution in [1.29, 1.82) is 0 Å². The van der Waals surface area contributed by atoms with Gasteiger partial charge in [-0.3, -0.25) is 9.59 Å². The van der Waals surface area contributed by atoms with Gasteiger partial charge < -0.3 is 24.7 Å². The number of aryl methyl sites for hydroxylation is 1. The van der Waals surface area contributed by atoms with Crippen LogP contribution in [0.3, 0.4) is 0 Å². The second-order valence-electron chi connectivity index (χ2n) is 10.5. The predicted octanol–water partition coefficient (Wildman–Crippen LogP) is 4.46. The first-order chi connectivity index (χ1) is 18.9. The number of amides is 2. The van der Waals surface area contributed by atoms with Crippen molar-refractivity contribution in [1.82, 2.24) is 14.5 Å². The SMILES string of the molecule is CCCCCC1(c2ccccc2OC)CN(C(=O)[C@@H](Cc2ccc(OC)cc2)n2cnc(CCC(N)=O)c2)C1. The first-order valence-corrected chi connectivity index (χ1v) is 13.7. The molecule has 1 aliphatic heterocycles. The summed E-state index contributed by atoms with van der Waals surface area (Å²) in [7, 11) is 3.35. The van der Waals surface area contributed by atoms with Crippen LogP contribution in [0.25, 0.3) is 0 Å². The van der Waals surface area contributed by atoms with Crippen molar-refractivity contribution < 1.29 is 19.1 Å². The van der Waals surface area contributed by atoms with Gasteiger partial charge in [0.25, 0.3) is 0 Å². The van der Waals surface area contributed by atoms with Gasteiger partial charge in [-0.2, -0.15) is 0 Å². The second-order valence-corrected chi connectivity index (χ2v) is 10.5. The molecule has 1 saturated heterocycles. The molecule has 2 N–H and O–H groups in total. The number of carbonyl (C=O) groups is 2. The van der Waals surface area contributed by atoms with E-state index in [1.807, 2.05) is 52.1 Å². The minimum absolute atomic E-state index is 0.0608. The van der Waals surface area contributed by atoms with E-state index in [1.54, 1.807) is 20.5 Å². The van der Waals surface area contributed by atoms with Crippen molar-refractivity contribution in [3.8, 4) is 11.5 Å².